The number of rotatable bonds is 4. The lowest BCUT2D eigenvalue weighted by molar-refractivity contribution is 0.593. The Morgan fingerprint density at radius 2 is 1.61 bits per heavy atom. The molecule has 0 saturated carbocycles. The average Bonchev–Trinajstić information content (AvgIpc) is 2.74. The van der Waals surface area contributed by atoms with Crippen LogP contribution < -0.4 is 15.5 Å². The topological polar surface area (TPSA) is 58.3 Å². The van der Waals surface area contributed by atoms with Gasteiger partial charge in [-0.15, -0.1) is 0 Å². The summed E-state index contributed by atoms with van der Waals surface area (Å²) in [5.74, 6) is 0.462. The van der Waals surface area contributed by atoms with Crippen molar-refractivity contribution in [2.24, 2.45) is 5.73 Å². The van der Waals surface area contributed by atoms with E-state index in [9.17, 15) is 4.39 Å². The van der Waals surface area contributed by atoms with Crippen molar-refractivity contribution in [2.45, 2.75) is 6.54 Å². The first-order valence-electron chi connectivity index (χ1n) is 9.22. The van der Waals surface area contributed by atoms with Crippen molar-refractivity contribution < 1.29 is 4.39 Å². The van der Waals surface area contributed by atoms with E-state index >= 15 is 0 Å². The van der Waals surface area contributed by atoms with Crippen LogP contribution in [0, 0.1) is 5.82 Å². The molecule has 0 bridgehead atoms. The molecule has 28 heavy (non-hydrogen) atoms. The number of piperazine rings is 1. The van der Waals surface area contributed by atoms with E-state index in [2.05, 4.69) is 14.8 Å². The van der Waals surface area contributed by atoms with E-state index in [1.807, 2.05) is 42.5 Å². The predicted molar refractivity (Wildman–Crippen MR) is 111 cm³/mol. The molecule has 0 amide bonds. The van der Waals surface area contributed by atoms with Gasteiger partial charge in [-0.3, -0.25) is 0 Å². The molecule has 144 valence electrons. The summed E-state index contributed by atoms with van der Waals surface area (Å²) in [6.07, 6.45) is 0. The fourth-order valence-electron chi connectivity index (χ4n) is 3.35. The first-order chi connectivity index (χ1) is 13.6. The molecule has 1 aromatic heterocycles. The minimum absolute atomic E-state index is 0.192. The molecular formula is C21H21ClFN5. The molecule has 0 radical (unpaired) electrons. The van der Waals surface area contributed by atoms with Crippen LogP contribution >= 0.6 is 11.6 Å². The molecule has 0 aliphatic carbocycles. The van der Waals surface area contributed by atoms with E-state index < -0.39 is 0 Å². The van der Waals surface area contributed by atoms with E-state index in [1.165, 1.54) is 6.07 Å². The van der Waals surface area contributed by atoms with Gasteiger partial charge in [0.1, 0.15) is 5.82 Å². The molecular weight excluding hydrogens is 377 g/mol. The summed E-state index contributed by atoms with van der Waals surface area (Å²) >= 11 is 5.99. The van der Waals surface area contributed by atoms with Crippen LogP contribution in [0.2, 0.25) is 5.02 Å². The number of hydrogen-bond donors (Lipinski definition) is 1. The van der Waals surface area contributed by atoms with Crippen LogP contribution in [0.15, 0.2) is 54.6 Å². The van der Waals surface area contributed by atoms with Gasteiger partial charge in [0, 0.05) is 43.3 Å². The zero-order valence-electron chi connectivity index (χ0n) is 15.4. The Bertz CT molecular complexity index is 955. The number of aromatic nitrogens is 2. The molecule has 4 rings (SSSR count). The summed E-state index contributed by atoms with van der Waals surface area (Å²) in [7, 11) is 0. The van der Waals surface area contributed by atoms with Crippen molar-refractivity contribution in [2.75, 3.05) is 36.0 Å². The lowest BCUT2D eigenvalue weighted by Crippen LogP contribution is -2.47. The fraction of sp³-hybridized carbons (Fsp3) is 0.238. The molecule has 2 N–H and O–H groups in total. The van der Waals surface area contributed by atoms with Gasteiger partial charge in [-0.2, -0.15) is 0 Å². The van der Waals surface area contributed by atoms with E-state index in [-0.39, 0.29) is 5.82 Å². The second kappa shape index (κ2) is 8.12. The minimum atomic E-state index is -0.192. The van der Waals surface area contributed by atoms with Crippen molar-refractivity contribution >= 4 is 23.2 Å². The van der Waals surface area contributed by atoms with Crippen LogP contribution in [0.25, 0.3) is 11.3 Å². The van der Waals surface area contributed by atoms with Gasteiger partial charge >= 0.3 is 0 Å². The quantitative estimate of drug-likeness (QED) is 0.727. The Morgan fingerprint density at radius 1 is 0.929 bits per heavy atom. The smallest absolute Gasteiger partial charge is 0.226 e. The molecule has 0 unspecified atom stereocenters. The average molecular weight is 398 g/mol. The summed E-state index contributed by atoms with van der Waals surface area (Å²) < 4.78 is 14.1. The fourth-order valence-corrected chi connectivity index (χ4v) is 3.48. The van der Waals surface area contributed by atoms with Crippen LogP contribution in [0.1, 0.15) is 5.69 Å². The zero-order valence-corrected chi connectivity index (χ0v) is 16.1. The normalized spacial score (nSPS) is 14.4. The Kier molecular flexibility index (Phi) is 5.41. The van der Waals surface area contributed by atoms with Gasteiger partial charge in [-0.25, -0.2) is 14.4 Å². The van der Waals surface area contributed by atoms with Crippen LogP contribution in [-0.4, -0.2) is 36.1 Å². The number of anilines is 2. The largest absolute Gasteiger partial charge is 0.366 e. The number of benzene rings is 2. The molecule has 1 aliphatic heterocycles. The number of nitrogens with two attached hydrogens (primary N) is 1. The van der Waals surface area contributed by atoms with Gasteiger partial charge in [0.25, 0.3) is 0 Å². The summed E-state index contributed by atoms with van der Waals surface area (Å²) in [5.41, 5.74) is 9.06. The van der Waals surface area contributed by atoms with Gasteiger partial charge in [0.2, 0.25) is 5.95 Å². The first kappa shape index (κ1) is 18.7. The monoisotopic (exact) mass is 397 g/mol. The number of nitrogens with zero attached hydrogens (tertiary/aromatic N) is 4. The second-order valence-electron chi connectivity index (χ2n) is 6.68. The Balaban J connectivity index is 1.55. The van der Waals surface area contributed by atoms with Gasteiger partial charge in [0.15, 0.2) is 0 Å². The third-order valence-electron chi connectivity index (χ3n) is 4.87. The lowest BCUT2D eigenvalue weighted by Gasteiger charge is -2.36. The standard InChI is InChI=1S/C21H21ClFN5/c22-16-7-5-15(6-8-16)19-13-17(14-24)25-21(26-19)28-11-9-27(10-12-28)20-4-2-1-3-18(20)23/h1-8,13H,9-12,14,24H2. The number of hydrogen-bond acceptors (Lipinski definition) is 5. The Labute approximate surface area is 168 Å². The Morgan fingerprint density at radius 3 is 2.29 bits per heavy atom. The van der Waals surface area contributed by atoms with Crippen molar-refractivity contribution in [1.82, 2.24) is 9.97 Å². The van der Waals surface area contributed by atoms with Gasteiger partial charge in [0.05, 0.1) is 17.1 Å². The maximum absolute atomic E-state index is 14.1. The predicted octanol–water partition coefficient (Wildman–Crippen LogP) is 3.72. The molecule has 0 spiro atoms. The number of halogens is 2. The summed E-state index contributed by atoms with van der Waals surface area (Å²) in [4.78, 5) is 13.5. The van der Waals surface area contributed by atoms with Crippen LogP contribution in [0.3, 0.4) is 0 Å². The highest BCUT2D eigenvalue weighted by Gasteiger charge is 2.22. The van der Waals surface area contributed by atoms with Gasteiger partial charge in [-0.05, 0) is 30.3 Å². The molecule has 3 aromatic rings. The molecule has 1 saturated heterocycles. The van der Waals surface area contributed by atoms with E-state index in [0.717, 1.165) is 17.0 Å². The SMILES string of the molecule is NCc1cc(-c2ccc(Cl)cc2)nc(N2CCN(c3ccccc3F)CC2)n1. The second-order valence-corrected chi connectivity index (χ2v) is 7.12. The maximum atomic E-state index is 14.1. The van der Waals surface area contributed by atoms with Gasteiger partial charge in [-0.1, -0.05) is 35.9 Å². The molecule has 7 heteroatoms. The summed E-state index contributed by atoms with van der Waals surface area (Å²) in [6.45, 7) is 3.16. The highest BCUT2D eigenvalue weighted by Crippen LogP contribution is 2.25. The third-order valence-corrected chi connectivity index (χ3v) is 5.12. The summed E-state index contributed by atoms with van der Waals surface area (Å²) in [5, 5.41) is 0.682. The third kappa shape index (κ3) is 3.93. The van der Waals surface area contributed by atoms with Crippen LogP contribution in [-0.2, 0) is 6.54 Å². The summed E-state index contributed by atoms with van der Waals surface area (Å²) in [6, 6.07) is 16.3. The molecule has 5 nitrogen and oxygen atoms in total. The van der Waals surface area contributed by atoms with E-state index in [0.29, 0.717) is 49.4 Å². The molecule has 1 fully saturated rings. The maximum Gasteiger partial charge on any atom is 0.226 e. The van der Waals surface area contributed by atoms with Crippen molar-refractivity contribution in [1.29, 1.82) is 0 Å². The van der Waals surface area contributed by atoms with E-state index in [4.69, 9.17) is 22.3 Å². The highest BCUT2D eigenvalue weighted by molar-refractivity contribution is 6.30. The zero-order chi connectivity index (χ0) is 19.5. The van der Waals surface area contributed by atoms with E-state index in [1.54, 1.807) is 6.07 Å². The lowest BCUT2D eigenvalue weighted by atomic mass is 10.1. The van der Waals surface area contributed by atoms with Crippen molar-refractivity contribution in [3.8, 4) is 11.3 Å². The van der Waals surface area contributed by atoms with Crippen LogP contribution in [0.5, 0.6) is 0 Å². The molecule has 2 aromatic carbocycles. The number of para-hydroxylation sites is 1. The van der Waals surface area contributed by atoms with Gasteiger partial charge < -0.3 is 15.5 Å². The highest BCUT2D eigenvalue weighted by atomic mass is 35.5. The molecule has 0 atom stereocenters. The first-order valence-corrected chi connectivity index (χ1v) is 9.60. The van der Waals surface area contributed by atoms with Crippen molar-refractivity contribution in [3.63, 3.8) is 0 Å². The van der Waals surface area contributed by atoms with Crippen LogP contribution in [0.4, 0.5) is 16.0 Å². The molecule has 2 heterocycles. The minimum Gasteiger partial charge on any atom is -0.366 e. The van der Waals surface area contributed by atoms with Crippen molar-refractivity contribution in [3.05, 3.63) is 71.1 Å². The molecule has 1 aliphatic rings. The Hall–Kier alpha value is -2.70.